The summed E-state index contributed by atoms with van der Waals surface area (Å²) in [5.74, 6) is 0.670. The molecule has 0 bridgehead atoms. The summed E-state index contributed by atoms with van der Waals surface area (Å²) in [6.07, 6.45) is 0. The lowest BCUT2D eigenvalue weighted by molar-refractivity contribution is 1.01. The van der Waals surface area contributed by atoms with E-state index in [-0.39, 0.29) is 0 Å². The average molecular weight is 548 g/mol. The number of hydrogen-bond donors (Lipinski definition) is 0. The van der Waals surface area contributed by atoms with Gasteiger partial charge in [-0.25, -0.2) is 9.97 Å². The number of para-hydroxylation sites is 1. The number of nitrogens with zero attached hydrogens (tertiary/aromatic N) is 3. The maximum Gasteiger partial charge on any atom is 0.235 e. The van der Waals surface area contributed by atoms with Crippen LogP contribution in [-0.2, 0) is 0 Å². The SMILES string of the molecule is c1ccc(-c2nc(-n3c4cc(-c5ccc6ccccc6c5)ccc4c4c5ccccc5ccc43)nc3ccccc23)cc1. The van der Waals surface area contributed by atoms with E-state index in [1.165, 1.54) is 37.9 Å². The smallest absolute Gasteiger partial charge is 0.235 e. The zero-order valence-electron chi connectivity index (χ0n) is 23.3. The molecule has 0 saturated heterocycles. The number of rotatable bonds is 3. The first-order valence-corrected chi connectivity index (χ1v) is 14.6. The van der Waals surface area contributed by atoms with Crippen molar-refractivity contribution in [1.82, 2.24) is 14.5 Å². The predicted molar refractivity (Wildman–Crippen MR) is 180 cm³/mol. The Hall–Kier alpha value is -5.80. The van der Waals surface area contributed by atoms with Crippen molar-refractivity contribution in [2.24, 2.45) is 0 Å². The fraction of sp³-hybridized carbons (Fsp3) is 0. The van der Waals surface area contributed by atoms with Gasteiger partial charge in [0.25, 0.3) is 0 Å². The van der Waals surface area contributed by atoms with Gasteiger partial charge in [-0.05, 0) is 56.9 Å². The van der Waals surface area contributed by atoms with Crippen LogP contribution in [0.15, 0.2) is 152 Å². The summed E-state index contributed by atoms with van der Waals surface area (Å²) in [5, 5.41) is 8.37. The molecule has 3 heteroatoms. The van der Waals surface area contributed by atoms with E-state index < -0.39 is 0 Å². The van der Waals surface area contributed by atoms with Crippen molar-refractivity contribution >= 4 is 54.3 Å². The van der Waals surface area contributed by atoms with Gasteiger partial charge in [0.1, 0.15) is 0 Å². The summed E-state index contributed by atoms with van der Waals surface area (Å²) in [5.41, 5.74) is 7.47. The lowest BCUT2D eigenvalue weighted by atomic mass is 9.99. The third-order valence-electron chi connectivity index (χ3n) is 8.58. The Labute approximate surface area is 248 Å². The van der Waals surface area contributed by atoms with Crippen LogP contribution in [-0.4, -0.2) is 14.5 Å². The predicted octanol–water partition coefficient (Wildman–Crippen LogP) is 10.4. The van der Waals surface area contributed by atoms with E-state index in [0.29, 0.717) is 5.95 Å². The summed E-state index contributed by atoms with van der Waals surface area (Å²) >= 11 is 0. The Morgan fingerprint density at radius 3 is 1.95 bits per heavy atom. The van der Waals surface area contributed by atoms with Gasteiger partial charge in [-0.1, -0.05) is 127 Å². The molecule has 9 rings (SSSR count). The van der Waals surface area contributed by atoms with E-state index in [1.54, 1.807) is 0 Å². The van der Waals surface area contributed by atoms with Gasteiger partial charge in [0.2, 0.25) is 5.95 Å². The molecule has 0 unspecified atom stereocenters. The van der Waals surface area contributed by atoms with Crippen LogP contribution in [0.3, 0.4) is 0 Å². The van der Waals surface area contributed by atoms with Gasteiger partial charge in [0.05, 0.1) is 22.2 Å². The Morgan fingerprint density at radius 2 is 1.07 bits per heavy atom. The van der Waals surface area contributed by atoms with Gasteiger partial charge in [-0.2, -0.15) is 0 Å². The molecule has 43 heavy (non-hydrogen) atoms. The minimum atomic E-state index is 0.670. The first-order chi connectivity index (χ1) is 21.3. The molecule has 0 aliphatic heterocycles. The number of benzene rings is 7. The molecular formula is C40H25N3. The van der Waals surface area contributed by atoms with Crippen LogP contribution in [0.25, 0.3) is 82.6 Å². The highest BCUT2D eigenvalue weighted by molar-refractivity contribution is 6.21. The maximum atomic E-state index is 5.29. The fourth-order valence-electron chi connectivity index (χ4n) is 6.53. The third-order valence-corrected chi connectivity index (χ3v) is 8.58. The van der Waals surface area contributed by atoms with Crippen LogP contribution in [0.4, 0.5) is 0 Å². The second-order valence-electron chi connectivity index (χ2n) is 11.1. The molecule has 9 aromatic rings. The zero-order chi connectivity index (χ0) is 28.3. The number of aromatic nitrogens is 3. The molecule has 0 atom stereocenters. The largest absolute Gasteiger partial charge is 0.278 e. The Balaban J connectivity index is 1.39. The highest BCUT2D eigenvalue weighted by Crippen LogP contribution is 2.39. The number of fused-ring (bicyclic) bond motifs is 7. The lowest BCUT2D eigenvalue weighted by Gasteiger charge is -2.12. The molecule has 7 aromatic carbocycles. The van der Waals surface area contributed by atoms with Crippen molar-refractivity contribution in [3.63, 3.8) is 0 Å². The quantitative estimate of drug-likeness (QED) is 0.220. The maximum absolute atomic E-state index is 5.29. The minimum absolute atomic E-state index is 0.670. The second-order valence-corrected chi connectivity index (χ2v) is 11.1. The third kappa shape index (κ3) is 3.75. The molecule has 0 saturated carbocycles. The molecular weight excluding hydrogens is 522 g/mol. The van der Waals surface area contributed by atoms with Crippen molar-refractivity contribution in [1.29, 1.82) is 0 Å². The Bertz CT molecular complexity index is 2510. The summed E-state index contributed by atoms with van der Waals surface area (Å²) in [4.78, 5) is 10.5. The number of hydrogen-bond acceptors (Lipinski definition) is 2. The molecule has 3 nitrogen and oxygen atoms in total. The van der Waals surface area contributed by atoms with E-state index in [1.807, 2.05) is 12.1 Å². The molecule has 0 aliphatic rings. The molecule has 0 fully saturated rings. The topological polar surface area (TPSA) is 30.7 Å². The molecule has 0 N–H and O–H groups in total. The van der Waals surface area contributed by atoms with E-state index in [4.69, 9.17) is 9.97 Å². The van der Waals surface area contributed by atoms with Crippen molar-refractivity contribution in [3.8, 4) is 28.3 Å². The van der Waals surface area contributed by atoms with Crippen LogP contribution in [0.2, 0.25) is 0 Å². The van der Waals surface area contributed by atoms with Crippen LogP contribution >= 0.6 is 0 Å². The van der Waals surface area contributed by atoms with Crippen molar-refractivity contribution in [3.05, 3.63) is 152 Å². The molecule has 0 spiro atoms. The van der Waals surface area contributed by atoms with Crippen LogP contribution in [0, 0.1) is 0 Å². The minimum Gasteiger partial charge on any atom is -0.278 e. The highest BCUT2D eigenvalue weighted by Gasteiger charge is 2.19. The van der Waals surface area contributed by atoms with Crippen LogP contribution in [0.5, 0.6) is 0 Å². The highest BCUT2D eigenvalue weighted by atomic mass is 15.2. The second kappa shape index (κ2) is 9.37. The molecule has 0 amide bonds. The molecule has 2 heterocycles. The van der Waals surface area contributed by atoms with E-state index in [9.17, 15) is 0 Å². The summed E-state index contributed by atoms with van der Waals surface area (Å²) < 4.78 is 2.25. The van der Waals surface area contributed by atoms with Crippen molar-refractivity contribution in [2.75, 3.05) is 0 Å². The van der Waals surface area contributed by atoms with Gasteiger partial charge in [0.15, 0.2) is 0 Å². The van der Waals surface area contributed by atoms with Crippen molar-refractivity contribution < 1.29 is 0 Å². The summed E-state index contributed by atoms with van der Waals surface area (Å²) in [6, 6.07) is 53.8. The van der Waals surface area contributed by atoms with Gasteiger partial charge in [-0.3, -0.25) is 4.57 Å². The zero-order valence-corrected chi connectivity index (χ0v) is 23.3. The molecule has 2 aromatic heterocycles. The normalized spacial score (nSPS) is 11.7. The molecule has 0 aliphatic carbocycles. The Kier molecular flexibility index (Phi) is 5.20. The monoisotopic (exact) mass is 547 g/mol. The van der Waals surface area contributed by atoms with E-state index in [0.717, 1.165) is 38.8 Å². The van der Waals surface area contributed by atoms with E-state index in [2.05, 4.69) is 144 Å². The van der Waals surface area contributed by atoms with Gasteiger partial charge >= 0.3 is 0 Å². The van der Waals surface area contributed by atoms with Crippen LogP contribution < -0.4 is 0 Å². The Morgan fingerprint density at radius 1 is 0.395 bits per heavy atom. The van der Waals surface area contributed by atoms with E-state index >= 15 is 0 Å². The average Bonchev–Trinajstić information content (AvgIpc) is 3.42. The summed E-state index contributed by atoms with van der Waals surface area (Å²) in [7, 11) is 0. The molecule has 0 radical (unpaired) electrons. The van der Waals surface area contributed by atoms with Crippen LogP contribution in [0.1, 0.15) is 0 Å². The van der Waals surface area contributed by atoms with Gasteiger partial charge < -0.3 is 0 Å². The lowest BCUT2D eigenvalue weighted by Crippen LogP contribution is -2.03. The first kappa shape index (κ1) is 23.9. The standard InChI is InChI=1S/C40H25N3/c1-2-12-28(13-3-1)39-33-16-8-9-17-35(33)41-40(42-39)43-36-23-21-27-11-6-7-15-32(27)38(36)34-22-20-31(25-37(34)43)30-19-18-26-10-4-5-14-29(26)24-30/h1-25H. The molecule has 200 valence electrons. The van der Waals surface area contributed by atoms with Gasteiger partial charge in [-0.15, -0.1) is 0 Å². The van der Waals surface area contributed by atoms with Crippen molar-refractivity contribution in [2.45, 2.75) is 0 Å². The first-order valence-electron chi connectivity index (χ1n) is 14.6. The summed E-state index contributed by atoms with van der Waals surface area (Å²) in [6.45, 7) is 0. The van der Waals surface area contributed by atoms with Gasteiger partial charge in [0, 0.05) is 21.7 Å². The fourth-order valence-corrected chi connectivity index (χ4v) is 6.53.